The fourth-order valence-electron chi connectivity index (χ4n) is 2.63. The molecule has 3 nitrogen and oxygen atoms in total. The van der Waals surface area contributed by atoms with Gasteiger partial charge in [-0.25, -0.2) is 0 Å². The Morgan fingerprint density at radius 2 is 2.32 bits per heavy atom. The third-order valence-electron chi connectivity index (χ3n) is 3.63. The first kappa shape index (κ1) is 13.8. The summed E-state index contributed by atoms with van der Waals surface area (Å²) in [7, 11) is 0. The molecule has 0 aromatic heterocycles. The predicted molar refractivity (Wildman–Crippen MR) is 77.9 cm³/mol. The third-order valence-corrected chi connectivity index (χ3v) is 3.63. The van der Waals surface area contributed by atoms with Crippen LogP contribution in [0.3, 0.4) is 0 Å². The van der Waals surface area contributed by atoms with Crippen molar-refractivity contribution >= 4 is 5.91 Å². The maximum atomic E-state index is 11.9. The molecule has 102 valence electrons. The Hall–Kier alpha value is -1.61. The van der Waals surface area contributed by atoms with Crippen LogP contribution in [0.1, 0.15) is 36.9 Å². The highest BCUT2D eigenvalue weighted by atomic mass is 16.2. The summed E-state index contributed by atoms with van der Waals surface area (Å²) >= 11 is 0. The van der Waals surface area contributed by atoms with Crippen molar-refractivity contribution in [1.82, 2.24) is 10.6 Å². The highest BCUT2D eigenvalue weighted by Crippen LogP contribution is 2.29. The van der Waals surface area contributed by atoms with Crippen molar-refractivity contribution in [3.8, 4) is 0 Å². The predicted octanol–water partition coefficient (Wildman–Crippen LogP) is 2.34. The van der Waals surface area contributed by atoms with Gasteiger partial charge in [0.1, 0.15) is 0 Å². The summed E-state index contributed by atoms with van der Waals surface area (Å²) in [5, 5.41) is 6.26. The molecule has 0 bridgehead atoms. The zero-order valence-corrected chi connectivity index (χ0v) is 11.5. The van der Waals surface area contributed by atoms with Crippen molar-refractivity contribution in [2.45, 2.75) is 38.3 Å². The molecule has 0 fully saturated rings. The number of hydrogen-bond acceptors (Lipinski definition) is 2. The minimum Gasteiger partial charge on any atom is -0.351 e. The summed E-state index contributed by atoms with van der Waals surface area (Å²) < 4.78 is 0. The van der Waals surface area contributed by atoms with Gasteiger partial charge in [0.05, 0.1) is 6.04 Å². The quantitative estimate of drug-likeness (QED) is 0.796. The van der Waals surface area contributed by atoms with Gasteiger partial charge in [0.25, 0.3) is 0 Å². The summed E-state index contributed by atoms with van der Waals surface area (Å²) in [4.78, 5) is 11.9. The first-order valence-corrected chi connectivity index (χ1v) is 6.95. The Bertz CT molecular complexity index is 456. The molecule has 1 aliphatic carbocycles. The number of carbonyl (C=O) groups is 1. The number of carbonyl (C=O) groups excluding carboxylic acids is 1. The Labute approximate surface area is 115 Å². The van der Waals surface area contributed by atoms with Crippen LogP contribution in [-0.4, -0.2) is 18.5 Å². The Kier molecular flexibility index (Phi) is 4.74. The smallest absolute Gasteiger partial charge is 0.237 e. The topological polar surface area (TPSA) is 41.1 Å². The van der Waals surface area contributed by atoms with Crippen LogP contribution >= 0.6 is 0 Å². The van der Waals surface area contributed by atoms with Crippen LogP contribution in [0.5, 0.6) is 0 Å². The minimum absolute atomic E-state index is 0.0305. The molecule has 2 rings (SSSR count). The maximum Gasteiger partial charge on any atom is 0.237 e. The monoisotopic (exact) mass is 258 g/mol. The molecule has 1 aromatic carbocycles. The van der Waals surface area contributed by atoms with Crippen molar-refractivity contribution in [2.24, 2.45) is 0 Å². The van der Waals surface area contributed by atoms with Crippen LogP contribution in [0.15, 0.2) is 36.9 Å². The first-order chi connectivity index (χ1) is 9.22. The van der Waals surface area contributed by atoms with E-state index < -0.39 is 0 Å². The van der Waals surface area contributed by atoms with Crippen LogP contribution in [-0.2, 0) is 11.2 Å². The van der Waals surface area contributed by atoms with E-state index in [9.17, 15) is 4.79 Å². The van der Waals surface area contributed by atoms with E-state index in [2.05, 4.69) is 41.5 Å². The Balaban J connectivity index is 2.00. The van der Waals surface area contributed by atoms with Crippen LogP contribution in [0.2, 0.25) is 0 Å². The second-order valence-electron chi connectivity index (χ2n) is 5.07. The van der Waals surface area contributed by atoms with Crippen molar-refractivity contribution in [3.05, 3.63) is 48.0 Å². The summed E-state index contributed by atoms with van der Waals surface area (Å²) in [5.41, 5.74) is 2.75. The molecule has 1 aliphatic rings. The number of benzene rings is 1. The van der Waals surface area contributed by atoms with Crippen LogP contribution in [0, 0.1) is 0 Å². The highest BCUT2D eigenvalue weighted by molar-refractivity contribution is 5.81. The van der Waals surface area contributed by atoms with E-state index in [1.165, 1.54) is 17.5 Å². The van der Waals surface area contributed by atoms with Gasteiger partial charge in [-0.15, -0.1) is 6.58 Å². The van der Waals surface area contributed by atoms with Gasteiger partial charge in [-0.05, 0) is 37.3 Å². The normalized spacial score (nSPS) is 19.3. The van der Waals surface area contributed by atoms with Gasteiger partial charge in [0.15, 0.2) is 0 Å². The molecule has 0 aliphatic heterocycles. The van der Waals surface area contributed by atoms with E-state index >= 15 is 0 Å². The molecule has 19 heavy (non-hydrogen) atoms. The van der Waals surface area contributed by atoms with Gasteiger partial charge in [0, 0.05) is 12.6 Å². The molecule has 0 saturated carbocycles. The molecule has 1 aromatic rings. The van der Waals surface area contributed by atoms with E-state index in [1.807, 2.05) is 6.92 Å². The minimum atomic E-state index is -0.184. The van der Waals surface area contributed by atoms with E-state index in [1.54, 1.807) is 6.08 Å². The van der Waals surface area contributed by atoms with Crippen LogP contribution in [0.4, 0.5) is 0 Å². The summed E-state index contributed by atoms with van der Waals surface area (Å²) in [6.45, 7) is 6.03. The molecule has 2 unspecified atom stereocenters. The first-order valence-electron chi connectivity index (χ1n) is 6.95. The molecule has 0 spiro atoms. The van der Waals surface area contributed by atoms with Gasteiger partial charge in [0.2, 0.25) is 5.91 Å². The summed E-state index contributed by atoms with van der Waals surface area (Å²) in [6, 6.07) is 8.61. The van der Waals surface area contributed by atoms with Crippen LogP contribution in [0.25, 0.3) is 0 Å². The molecular formula is C16H22N2O. The molecule has 3 heteroatoms. The number of amides is 1. The van der Waals surface area contributed by atoms with Gasteiger partial charge >= 0.3 is 0 Å². The molecule has 2 N–H and O–H groups in total. The van der Waals surface area contributed by atoms with Gasteiger partial charge in [-0.2, -0.15) is 0 Å². The largest absolute Gasteiger partial charge is 0.351 e. The van der Waals surface area contributed by atoms with Gasteiger partial charge in [-0.3, -0.25) is 10.1 Å². The second-order valence-corrected chi connectivity index (χ2v) is 5.07. The number of hydrogen-bond donors (Lipinski definition) is 2. The van der Waals surface area contributed by atoms with Crippen LogP contribution < -0.4 is 10.6 Å². The molecule has 0 heterocycles. The number of aryl methyl sites for hydroxylation is 1. The molecule has 0 radical (unpaired) electrons. The lowest BCUT2D eigenvalue weighted by Gasteiger charge is -2.28. The number of nitrogens with one attached hydrogen (secondary N) is 2. The SMILES string of the molecule is C=CCNC(=O)C(C)NC1CCCc2ccccc21. The molecular weight excluding hydrogens is 236 g/mol. The molecule has 0 saturated heterocycles. The van der Waals surface area contributed by atoms with E-state index in [-0.39, 0.29) is 18.0 Å². The fourth-order valence-corrected chi connectivity index (χ4v) is 2.63. The van der Waals surface area contributed by atoms with Crippen molar-refractivity contribution in [2.75, 3.05) is 6.54 Å². The standard InChI is InChI=1S/C16H22N2O/c1-3-11-17-16(19)12(2)18-15-10-6-8-13-7-4-5-9-14(13)15/h3-5,7,9,12,15,18H,1,6,8,10-11H2,2H3,(H,17,19). The molecule has 1 amide bonds. The van der Waals surface area contributed by atoms with E-state index in [4.69, 9.17) is 0 Å². The average Bonchev–Trinajstić information content (AvgIpc) is 2.45. The lowest BCUT2D eigenvalue weighted by Crippen LogP contribution is -2.44. The second kappa shape index (κ2) is 6.53. The third kappa shape index (κ3) is 3.44. The highest BCUT2D eigenvalue weighted by Gasteiger charge is 2.23. The van der Waals surface area contributed by atoms with Crippen molar-refractivity contribution in [1.29, 1.82) is 0 Å². The fraction of sp³-hybridized carbons (Fsp3) is 0.438. The van der Waals surface area contributed by atoms with Gasteiger partial charge < -0.3 is 5.32 Å². The van der Waals surface area contributed by atoms with Crippen molar-refractivity contribution in [3.63, 3.8) is 0 Å². The van der Waals surface area contributed by atoms with E-state index in [0.717, 1.165) is 12.8 Å². The summed E-state index contributed by atoms with van der Waals surface area (Å²) in [5.74, 6) is 0.0305. The lowest BCUT2D eigenvalue weighted by molar-refractivity contribution is -0.122. The molecule has 2 atom stereocenters. The maximum absolute atomic E-state index is 11.9. The number of rotatable bonds is 5. The van der Waals surface area contributed by atoms with Gasteiger partial charge in [-0.1, -0.05) is 30.3 Å². The van der Waals surface area contributed by atoms with Crippen molar-refractivity contribution < 1.29 is 4.79 Å². The average molecular weight is 258 g/mol. The zero-order valence-electron chi connectivity index (χ0n) is 11.5. The summed E-state index contributed by atoms with van der Waals surface area (Å²) in [6.07, 6.45) is 5.11. The lowest BCUT2D eigenvalue weighted by atomic mass is 9.87. The Morgan fingerprint density at radius 1 is 1.53 bits per heavy atom. The van der Waals surface area contributed by atoms with E-state index in [0.29, 0.717) is 6.54 Å². The Morgan fingerprint density at radius 3 is 3.11 bits per heavy atom. The number of fused-ring (bicyclic) bond motifs is 1. The zero-order chi connectivity index (χ0) is 13.7.